The lowest BCUT2D eigenvalue weighted by molar-refractivity contribution is 0.295. The average molecular weight is 374 g/mol. The van der Waals surface area contributed by atoms with Gasteiger partial charge in [-0.25, -0.2) is 0 Å². The van der Waals surface area contributed by atoms with Crippen molar-refractivity contribution in [2.45, 2.75) is 26.2 Å². The van der Waals surface area contributed by atoms with Gasteiger partial charge in [-0.2, -0.15) is 0 Å². The van der Waals surface area contributed by atoms with Gasteiger partial charge in [0, 0.05) is 26.1 Å². The number of thiophene rings is 1. The summed E-state index contributed by atoms with van der Waals surface area (Å²) in [6.45, 7) is 7.88. The third kappa shape index (κ3) is 3.78. The number of fused-ring (bicyclic) bond motifs is 3. The zero-order valence-corrected chi connectivity index (χ0v) is 17.0. The van der Waals surface area contributed by atoms with Gasteiger partial charge in [-0.3, -0.25) is 0 Å². The van der Waals surface area contributed by atoms with Gasteiger partial charge in [-0.05, 0) is 55.4 Å². The lowest BCUT2D eigenvalue weighted by Gasteiger charge is -2.23. The minimum Gasteiger partial charge on any atom is -0.304 e. The molecule has 1 nitrogen and oxygen atoms in total. The van der Waals surface area contributed by atoms with Crippen molar-refractivity contribution in [3.05, 3.63) is 83.9 Å². The predicted octanol–water partition coefficient (Wildman–Crippen LogP) is 6.92. The van der Waals surface area contributed by atoms with E-state index in [1.54, 1.807) is 0 Å². The molecule has 2 heteroatoms. The van der Waals surface area contributed by atoms with Crippen LogP contribution in [0.2, 0.25) is 0 Å². The van der Waals surface area contributed by atoms with E-state index in [-0.39, 0.29) is 0 Å². The molecule has 4 aromatic rings. The van der Waals surface area contributed by atoms with Crippen molar-refractivity contribution in [3.63, 3.8) is 0 Å². The van der Waals surface area contributed by atoms with Gasteiger partial charge < -0.3 is 4.90 Å². The summed E-state index contributed by atoms with van der Waals surface area (Å²) in [6, 6.07) is 26.9. The molecule has 27 heavy (non-hydrogen) atoms. The summed E-state index contributed by atoms with van der Waals surface area (Å²) >= 11 is 1.90. The highest BCUT2D eigenvalue weighted by Gasteiger charge is 2.17. The van der Waals surface area contributed by atoms with Gasteiger partial charge in [0.1, 0.15) is 0 Å². The maximum Gasteiger partial charge on any atom is 0.0355 e. The topological polar surface area (TPSA) is 3.24 Å². The molecule has 0 aliphatic carbocycles. The minimum absolute atomic E-state index is 0.440. The van der Waals surface area contributed by atoms with Crippen LogP contribution in [0.25, 0.3) is 20.2 Å². The minimum atomic E-state index is 0.440. The van der Waals surface area contributed by atoms with E-state index < -0.39 is 0 Å². The number of nitrogens with zero attached hydrogens (tertiary/aromatic N) is 1. The van der Waals surface area contributed by atoms with Crippen molar-refractivity contribution in [1.29, 1.82) is 0 Å². The summed E-state index contributed by atoms with van der Waals surface area (Å²) in [5.74, 6) is 0.440. The Bertz CT molecular complexity index is 1010. The van der Waals surface area contributed by atoms with Gasteiger partial charge in [0.15, 0.2) is 0 Å². The Kier molecular flexibility index (Phi) is 5.56. The SMILES string of the molecule is CCN(CC)CCC(c1ccccc1)c1ccc2sc3ccccc3c2c1. The van der Waals surface area contributed by atoms with Crippen LogP contribution in [0.4, 0.5) is 0 Å². The van der Waals surface area contributed by atoms with Crippen molar-refractivity contribution in [2.24, 2.45) is 0 Å². The Morgan fingerprint density at radius 1 is 0.741 bits per heavy atom. The first-order valence-corrected chi connectivity index (χ1v) is 10.8. The fraction of sp³-hybridized carbons (Fsp3) is 0.280. The fourth-order valence-corrected chi connectivity index (χ4v) is 5.11. The average Bonchev–Trinajstić information content (AvgIpc) is 3.10. The highest BCUT2D eigenvalue weighted by molar-refractivity contribution is 7.25. The first kappa shape index (κ1) is 18.2. The zero-order valence-electron chi connectivity index (χ0n) is 16.2. The normalized spacial score (nSPS) is 12.9. The Morgan fingerprint density at radius 3 is 2.22 bits per heavy atom. The molecule has 0 bridgehead atoms. The molecule has 3 aromatic carbocycles. The maximum absolute atomic E-state index is 2.52. The first-order valence-electron chi connectivity index (χ1n) is 9.98. The molecule has 1 aromatic heterocycles. The van der Waals surface area contributed by atoms with E-state index in [4.69, 9.17) is 0 Å². The smallest absolute Gasteiger partial charge is 0.0355 e. The Balaban J connectivity index is 1.75. The molecule has 4 rings (SSSR count). The van der Waals surface area contributed by atoms with Crippen LogP contribution in [0, 0.1) is 0 Å². The molecule has 1 unspecified atom stereocenters. The van der Waals surface area contributed by atoms with Gasteiger partial charge in [0.05, 0.1) is 0 Å². The number of benzene rings is 3. The largest absolute Gasteiger partial charge is 0.304 e. The maximum atomic E-state index is 2.52. The van der Waals surface area contributed by atoms with Gasteiger partial charge in [0.25, 0.3) is 0 Å². The second-order valence-electron chi connectivity index (χ2n) is 7.13. The Labute approximate surface area is 166 Å². The van der Waals surface area contributed by atoms with Crippen molar-refractivity contribution < 1.29 is 0 Å². The van der Waals surface area contributed by atoms with Gasteiger partial charge in [-0.15, -0.1) is 11.3 Å². The van der Waals surface area contributed by atoms with Crippen LogP contribution >= 0.6 is 11.3 Å². The van der Waals surface area contributed by atoms with E-state index in [0.29, 0.717) is 5.92 Å². The fourth-order valence-electron chi connectivity index (χ4n) is 4.02. The number of hydrogen-bond acceptors (Lipinski definition) is 2. The second kappa shape index (κ2) is 8.24. The van der Waals surface area contributed by atoms with Crippen LogP contribution in [0.5, 0.6) is 0 Å². The first-order chi connectivity index (χ1) is 13.3. The van der Waals surface area contributed by atoms with Crippen molar-refractivity contribution in [1.82, 2.24) is 4.90 Å². The number of hydrogen-bond donors (Lipinski definition) is 0. The van der Waals surface area contributed by atoms with Crippen LogP contribution in [0.3, 0.4) is 0 Å². The van der Waals surface area contributed by atoms with E-state index in [1.165, 1.54) is 31.3 Å². The van der Waals surface area contributed by atoms with E-state index in [1.807, 2.05) is 11.3 Å². The second-order valence-corrected chi connectivity index (χ2v) is 8.22. The molecule has 0 fully saturated rings. The highest BCUT2D eigenvalue weighted by Crippen LogP contribution is 2.37. The van der Waals surface area contributed by atoms with Crippen LogP contribution in [-0.4, -0.2) is 24.5 Å². The molecule has 0 N–H and O–H groups in total. The standard InChI is InChI=1S/C25H27NS/c1-3-26(4-2)17-16-21(19-10-6-5-7-11-19)20-14-15-25-23(18-20)22-12-8-9-13-24(22)27-25/h5-15,18,21H,3-4,16-17H2,1-2H3. The van der Waals surface area contributed by atoms with E-state index in [9.17, 15) is 0 Å². The lowest BCUT2D eigenvalue weighted by atomic mass is 9.87. The third-order valence-corrected chi connectivity index (χ3v) is 6.79. The van der Waals surface area contributed by atoms with Crippen molar-refractivity contribution >= 4 is 31.5 Å². The van der Waals surface area contributed by atoms with Crippen LogP contribution in [0.1, 0.15) is 37.3 Å². The van der Waals surface area contributed by atoms with Crippen LogP contribution in [0.15, 0.2) is 72.8 Å². The molecule has 0 aliphatic rings. The molecule has 0 saturated carbocycles. The van der Waals surface area contributed by atoms with Gasteiger partial charge in [0.2, 0.25) is 0 Å². The summed E-state index contributed by atoms with van der Waals surface area (Å²) in [4.78, 5) is 2.52. The highest BCUT2D eigenvalue weighted by atomic mass is 32.1. The molecular formula is C25H27NS. The quantitative estimate of drug-likeness (QED) is 0.340. The number of rotatable bonds is 7. The predicted molar refractivity (Wildman–Crippen MR) is 120 cm³/mol. The summed E-state index contributed by atoms with van der Waals surface area (Å²) in [7, 11) is 0. The van der Waals surface area contributed by atoms with Crippen LogP contribution < -0.4 is 0 Å². The molecule has 1 atom stereocenters. The molecule has 1 heterocycles. The van der Waals surface area contributed by atoms with Crippen molar-refractivity contribution in [2.75, 3.05) is 19.6 Å². The molecule has 0 spiro atoms. The molecule has 0 radical (unpaired) electrons. The summed E-state index contributed by atoms with van der Waals surface area (Å²) in [6.07, 6.45) is 1.15. The van der Waals surface area contributed by atoms with Crippen LogP contribution in [-0.2, 0) is 0 Å². The van der Waals surface area contributed by atoms with E-state index in [0.717, 1.165) is 26.1 Å². The lowest BCUT2D eigenvalue weighted by Crippen LogP contribution is -2.25. The van der Waals surface area contributed by atoms with Gasteiger partial charge in [-0.1, -0.05) is 68.4 Å². The molecule has 0 aliphatic heterocycles. The van der Waals surface area contributed by atoms with Gasteiger partial charge >= 0.3 is 0 Å². The Morgan fingerprint density at radius 2 is 1.44 bits per heavy atom. The zero-order chi connectivity index (χ0) is 18.6. The van der Waals surface area contributed by atoms with E-state index >= 15 is 0 Å². The molecule has 0 amide bonds. The Hall–Kier alpha value is -2.16. The van der Waals surface area contributed by atoms with E-state index in [2.05, 4.69) is 91.5 Å². The summed E-state index contributed by atoms with van der Waals surface area (Å²) in [5.41, 5.74) is 2.85. The monoisotopic (exact) mass is 373 g/mol. The molecular weight excluding hydrogens is 346 g/mol. The third-order valence-electron chi connectivity index (χ3n) is 5.63. The molecule has 0 saturated heterocycles. The summed E-state index contributed by atoms with van der Waals surface area (Å²) < 4.78 is 2.76. The summed E-state index contributed by atoms with van der Waals surface area (Å²) in [5, 5.41) is 2.78. The van der Waals surface area contributed by atoms with Crippen molar-refractivity contribution in [3.8, 4) is 0 Å². The molecule has 138 valence electrons.